The molecule has 0 aliphatic heterocycles. The van der Waals surface area contributed by atoms with Crippen LogP contribution in [-0.4, -0.2) is 4.98 Å². The van der Waals surface area contributed by atoms with Gasteiger partial charge in [0.25, 0.3) is 0 Å². The van der Waals surface area contributed by atoms with Gasteiger partial charge in [0.1, 0.15) is 0 Å². The molecule has 2 N–H and O–H groups in total. The number of hydrogen-bond donors (Lipinski definition) is 1. The molecule has 2 nitrogen and oxygen atoms in total. The topological polar surface area (TPSA) is 38.9 Å². The maximum atomic E-state index is 5.83. The molecule has 2 rings (SSSR count). The lowest BCUT2D eigenvalue weighted by Gasteiger charge is -2.06. The molecule has 66 valence electrons. The first-order valence-electron chi connectivity index (χ1n) is 3.99. The van der Waals surface area contributed by atoms with Crippen LogP contribution in [0.4, 0.5) is 5.69 Å². The number of halogens is 1. The quantitative estimate of drug-likeness (QED) is 0.715. The Balaban J connectivity index is 2.94. The van der Waals surface area contributed by atoms with E-state index in [9.17, 15) is 0 Å². The zero-order chi connectivity index (χ0) is 9.42. The summed E-state index contributed by atoms with van der Waals surface area (Å²) in [4.78, 5) is 4.28. The molecule has 0 aliphatic rings. The number of aromatic nitrogens is 1. The highest BCUT2D eigenvalue weighted by Crippen LogP contribution is 2.29. The average Bonchev–Trinajstić information content (AvgIpc) is 2.15. The van der Waals surface area contributed by atoms with Crippen molar-refractivity contribution in [2.45, 2.75) is 6.92 Å². The molecule has 0 radical (unpaired) electrons. The van der Waals surface area contributed by atoms with Crippen molar-refractivity contribution in [3.63, 3.8) is 0 Å². The smallest absolute Gasteiger partial charge is 0.0848 e. The second-order valence-electron chi connectivity index (χ2n) is 2.98. The highest BCUT2D eigenvalue weighted by atomic mass is 79.9. The maximum Gasteiger partial charge on any atom is 0.0848 e. The van der Waals surface area contributed by atoms with Gasteiger partial charge in [0.05, 0.1) is 5.52 Å². The van der Waals surface area contributed by atoms with E-state index in [1.54, 1.807) is 6.20 Å². The number of pyridine rings is 1. The summed E-state index contributed by atoms with van der Waals surface area (Å²) in [5.41, 5.74) is 8.64. The fourth-order valence-corrected chi connectivity index (χ4v) is 1.86. The summed E-state index contributed by atoms with van der Waals surface area (Å²) in [7, 11) is 0. The van der Waals surface area contributed by atoms with Crippen molar-refractivity contribution in [1.29, 1.82) is 0 Å². The Kier molecular flexibility index (Phi) is 1.96. The van der Waals surface area contributed by atoms with Gasteiger partial charge in [-0.3, -0.25) is 4.98 Å². The monoisotopic (exact) mass is 236 g/mol. The van der Waals surface area contributed by atoms with Gasteiger partial charge in [-0.25, -0.2) is 0 Å². The number of nitrogen functional groups attached to an aromatic ring is 1. The van der Waals surface area contributed by atoms with E-state index in [4.69, 9.17) is 5.73 Å². The zero-order valence-electron chi connectivity index (χ0n) is 7.21. The lowest BCUT2D eigenvalue weighted by molar-refractivity contribution is 1.37. The Labute approximate surface area is 84.9 Å². The molecule has 0 spiro atoms. The number of fused-ring (bicyclic) bond motifs is 1. The summed E-state index contributed by atoms with van der Waals surface area (Å²) in [6.07, 6.45) is 1.78. The van der Waals surface area contributed by atoms with Gasteiger partial charge >= 0.3 is 0 Å². The fraction of sp³-hybridized carbons (Fsp3) is 0.100. The number of rotatable bonds is 0. The SMILES string of the molecule is Cc1c(N)cc2cccnc2c1Br. The normalized spacial score (nSPS) is 10.6. The molecular formula is C10H9BrN2. The Hall–Kier alpha value is -1.09. The summed E-state index contributed by atoms with van der Waals surface area (Å²) in [6, 6.07) is 5.86. The number of nitrogens with two attached hydrogens (primary N) is 1. The van der Waals surface area contributed by atoms with Gasteiger partial charge in [0, 0.05) is 21.7 Å². The van der Waals surface area contributed by atoms with Crippen LogP contribution in [0.5, 0.6) is 0 Å². The van der Waals surface area contributed by atoms with E-state index < -0.39 is 0 Å². The molecule has 0 unspecified atom stereocenters. The lowest BCUT2D eigenvalue weighted by Crippen LogP contribution is -1.92. The Morgan fingerprint density at radius 1 is 1.46 bits per heavy atom. The molecule has 1 aromatic carbocycles. The standard InChI is InChI=1S/C10H9BrN2/c1-6-8(12)5-7-3-2-4-13-10(7)9(6)11/h2-5H,12H2,1H3. The van der Waals surface area contributed by atoms with Crippen molar-refractivity contribution < 1.29 is 0 Å². The Morgan fingerprint density at radius 3 is 3.00 bits per heavy atom. The Bertz CT molecular complexity index is 466. The zero-order valence-corrected chi connectivity index (χ0v) is 8.80. The van der Waals surface area contributed by atoms with Crippen molar-refractivity contribution in [3.8, 4) is 0 Å². The molecule has 13 heavy (non-hydrogen) atoms. The third-order valence-corrected chi connectivity index (χ3v) is 3.09. The Morgan fingerprint density at radius 2 is 2.23 bits per heavy atom. The predicted octanol–water partition coefficient (Wildman–Crippen LogP) is 2.89. The molecule has 0 amide bonds. The number of nitrogens with zero attached hydrogens (tertiary/aromatic N) is 1. The van der Waals surface area contributed by atoms with Crippen molar-refractivity contribution in [1.82, 2.24) is 4.98 Å². The van der Waals surface area contributed by atoms with Crippen molar-refractivity contribution in [3.05, 3.63) is 34.4 Å². The van der Waals surface area contributed by atoms with Crippen LogP contribution in [0, 0.1) is 6.92 Å². The molecule has 0 saturated carbocycles. The second kappa shape index (κ2) is 3.00. The third kappa shape index (κ3) is 1.29. The minimum Gasteiger partial charge on any atom is -0.398 e. The van der Waals surface area contributed by atoms with Crippen LogP contribution in [0.25, 0.3) is 10.9 Å². The molecule has 0 bridgehead atoms. The molecule has 2 aromatic rings. The van der Waals surface area contributed by atoms with E-state index in [-0.39, 0.29) is 0 Å². The molecule has 0 saturated heterocycles. The first kappa shape index (κ1) is 8.51. The van der Waals surface area contributed by atoms with E-state index in [1.165, 1.54) is 0 Å². The van der Waals surface area contributed by atoms with Crippen LogP contribution in [0.2, 0.25) is 0 Å². The first-order valence-corrected chi connectivity index (χ1v) is 4.79. The molecule has 0 aliphatic carbocycles. The van der Waals surface area contributed by atoms with Gasteiger partial charge in [-0.2, -0.15) is 0 Å². The van der Waals surface area contributed by atoms with Crippen LogP contribution in [0.3, 0.4) is 0 Å². The average molecular weight is 237 g/mol. The van der Waals surface area contributed by atoms with Crippen LogP contribution in [0.1, 0.15) is 5.56 Å². The molecule has 0 atom stereocenters. The van der Waals surface area contributed by atoms with Crippen LogP contribution in [0.15, 0.2) is 28.9 Å². The number of benzene rings is 1. The molecular weight excluding hydrogens is 228 g/mol. The molecule has 3 heteroatoms. The predicted molar refractivity (Wildman–Crippen MR) is 58.6 cm³/mol. The van der Waals surface area contributed by atoms with Crippen LogP contribution >= 0.6 is 15.9 Å². The summed E-state index contributed by atoms with van der Waals surface area (Å²) in [5, 5.41) is 1.07. The van der Waals surface area contributed by atoms with Crippen molar-refractivity contribution in [2.75, 3.05) is 5.73 Å². The number of anilines is 1. The molecule has 0 fully saturated rings. The molecule has 1 aromatic heterocycles. The summed E-state index contributed by atoms with van der Waals surface area (Å²) < 4.78 is 0.989. The van der Waals surface area contributed by atoms with Gasteiger partial charge in [-0.15, -0.1) is 0 Å². The van der Waals surface area contributed by atoms with Crippen molar-refractivity contribution >= 4 is 32.5 Å². The minimum atomic E-state index is 0.798. The van der Waals surface area contributed by atoms with Crippen LogP contribution in [-0.2, 0) is 0 Å². The fourth-order valence-electron chi connectivity index (χ4n) is 1.30. The van der Waals surface area contributed by atoms with Gasteiger partial charge in [-0.05, 0) is 40.5 Å². The number of hydrogen-bond acceptors (Lipinski definition) is 2. The highest BCUT2D eigenvalue weighted by molar-refractivity contribution is 9.10. The maximum absolute atomic E-state index is 5.83. The van der Waals surface area contributed by atoms with E-state index in [2.05, 4.69) is 20.9 Å². The van der Waals surface area contributed by atoms with Gasteiger partial charge in [0.2, 0.25) is 0 Å². The van der Waals surface area contributed by atoms with E-state index in [0.29, 0.717) is 0 Å². The highest BCUT2D eigenvalue weighted by Gasteiger charge is 2.05. The van der Waals surface area contributed by atoms with E-state index in [1.807, 2.05) is 25.1 Å². The summed E-state index contributed by atoms with van der Waals surface area (Å²) >= 11 is 3.49. The van der Waals surface area contributed by atoms with Crippen LogP contribution < -0.4 is 5.73 Å². The van der Waals surface area contributed by atoms with Crippen molar-refractivity contribution in [2.24, 2.45) is 0 Å². The lowest BCUT2D eigenvalue weighted by atomic mass is 10.1. The molecule has 1 heterocycles. The minimum absolute atomic E-state index is 0.798. The third-order valence-electron chi connectivity index (χ3n) is 2.12. The summed E-state index contributed by atoms with van der Waals surface area (Å²) in [5.74, 6) is 0. The van der Waals surface area contributed by atoms with E-state index in [0.717, 1.165) is 26.6 Å². The first-order chi connectivity index (χ1) is 6.20. The van der Waals surface area contributed by atoms with Gasteiger partial charge in [-0.1, -0.05) is 6.07 Å². The largest absolute Gasteiger partial charge is 0.398 e. The van der Waals surface area contributed by atoms with Gasteiger partial charge in [0.15, 0.2) is 0 Å². The van der Waals surface area contributed by atoms with Gasteiger partial charge < -0.3 is 5.73 Å². The summed E-state index contributed by atoms with van der Waals surface area (Å²) in [6.45, 7) is 1.98. The second-order valence-corrected chi connectivity index (χ2v) is 3.77. The van der Waals surface area contributed by atoms with E-state index >= 15 is 0 Å².